The van der Waals surface area contributed by atoms with Gasteiger partial charge in [-0.3, -0.25) is 19.2 Å². The maximum absolute atomic E-state index is 14.5. The van der Waals surface area contributed by atoms with E-state index in [2.05, 4.69) is 0 Å². The number of carbonyl (C=O) groups excluding carboxylic acids is 5. The molecule has 3 fully saturated rings. The molecule has 3 heterocycles. The van der Waals surface area contributed by atoms with Crippen molar-refractivity contribution in [3.63, 3.8) is 0 Å². The standard InChI is InChI=1S/C53H83NO14/c1-32-16-12-11-13-17-33(2)44(63-8)30-40-21-19-38(7)53(62,68-40)50(59)51(60)54-23-15-14-18-41(54)52(61)67-45(35(4)28-39-20-22-43(66-25-24-55)46(29-39)64-9)31-42(56)34(3)27-37(6)48(58)49(65-10)47(57)36(5)26-32/h11-13,16-17,27,32,34-36,38-41,43-46,48-49,55,58,62H,14-15,18-26,28-31H2,1-10H3/b13-11+,16-12+,33-17+,37-27+/t32-,34-,35-,36-,38-,39+,40+,41+,43-,44+,45?,46-,48-,49+,53-/m1/s1. The molecule has 0 spiro atoms. The fraction of sp³-hybridized carbons (Fsp3) is 0.755. The highest BCUT2D eigenvalue weighted by Gasteiger charge is 2.53. The van der Waals surface area contributed by atoms with Gasteiger partial charge in [0.15, 0.2) is 5.78 Å². The molecule has 4 rings (SSSR count). The highest BCUT2D eigenvalue weighted by Crippen LogP contribution is 2.38. The number of carbonyl (C=O) groups is 5. The lowest BCUT2D eigenvalue weighted by molar-refractivity contribution is -0.265. The number of methoxy groups -OCH3 is 3. The number of Topliss-reactive ketones (excluding diaryl/α,β-unsaturated/α-hetero) is 3. The lowest BCUT2D eigenvalue weighted by Gasteiger charge is -2.42. The number of fused-ring (bicyclic) bond motifs is 3. The summed E-state index contributed by atoms with van der Waals surface area (Å²) in [6.45, 7) is 12.9. The van der Waals surface area contributed by atoms with Crippen molar-refractivity contribution in [2.75, 3.05) is 41.1 Å². The number of esters is 1. The zero-order valence-electron chi connectivity index (χ0n) is 42.4. The monoisotopic (exact) mass is 958 g/mol. The molecular formula is C53H83NO14. The number of hydrogen-bond acceptors (Lipinski definition) is 14. The Morgan fingerprint density at radius 2 is 1.59 bits per heavy atom. The minimum absolute atomic E-state index is 0.0158. The molecule has 2 bridgehead atoms. The molecule has 0 aromatic carbocycles. The molecule has 1 saturated carbocycles. The van der Waals surface area contributed by atoms with Gasteiger partial charge in [0.25, 0.3) is 11.7 Å². The quantitative estimate of drug-likeness (QED) is 0.134. The van der Waals surface area contributed by atoms with E-state index in [1.54, 1.807) is 41.1 Å². The summed E-state index contributed by atoms with van der Waals surface area (Å²) < 4.78 is 35.6. The molecule has 2 saturated heterocycles. The van der Waals surface area contributed by atoms with Crippen LogP contribution in [0.1, 0.15) is 126 Å². The summed E-state index contributed by atoms with van der Waals surface area (Å²) in [6, 6.07) is -1.14. The first-order valence-electron chi connectivity index (χ1n) is 25.0. The zero-order chi connectivity index (χ0) is 50.3. The fourth-order valence-corrected chi connectivity index (χ4v) is 10.5. The molecule has 4 aliphatic rings. The topological polar surface area (TPSA) is 205 Å². The highest BCUT2D eigenvalue weighted by molar-refractivity contribution is 6.39. The third-order valence-electron chi connectivity index (χ3n) is 14.9. The minimum atomic E-state index is -2.43. The Balaban J connectivity index is 1.70. The summed E-state index contributed by atoms with van der Waals surface area (Å²) in [5.74, 6) is -7.96. The van der Waals surface area contributed by atoms with Gasteiger partial charge in [-0.05, 0) is 107 Å². The van der Waals surface area contributed by atoms with Gasteiger partial charge in [0.05, 0.1) is 37.6 Å². The highest BCUT2D eigenvalue weighted by atomic mass is 16.6. The smallest absolute Gasteiger partial charge is 0.329 e. The van der Waals surface area contributed by atoms with Crippen LogP contribution < -0.4 is 0 Å². The minimum Gasteiger partial charge on any atom is -0.460 e. The van der Waals surface area contributed by atoms with Gasteiger partial charge in [-0.15, -0.1) is 0 Å². The predicted molar refractivity (Wildman–Crippen MR) is 256 cm³/mol. The molecule has 15 heteroatoms. The van der Waals surface area contributed by atoms with Crippen LogP contribution in [-0.4, -0.2) is 145 Å². The van der Waals surface area contributed by atoms with Crippen molar-refractivity contribution >= 4 is 29.2 Å². The summed E-state index contributed by atoms with van der Waals surface area (Å²) in [7, 11) is 4.58. The number of rotatable bonds is 9. The molecular weight excluding hydrogens is 875 g/mol. The lowest BCUT2D eigenvalue weighted by Crippen LogP contribution is -2.61. The van der Waals surface area contributed by atoms with Crippen LogP contribution in [0.2, 0.25) is 0 Å². The maximum atomic E-state index is 14.5. The number of ketones is 3. The Labute approximate surface area is 405 Å². The van der Waals surface area contributed by atoms with E-state index in [4.69, 9.17) is 28.4 Å². The van der Waals surface area contributed by atoms with Crippen LogP contribution in [0.5, 0.6) is 0 Å². The van der Waals surface area contributed by atoms with Gasteiger partial charge in [-0.2, -0.15) is 0 Å². The molecule has 68 heavy (non-hydrogen) atoms. The van der Waals surface area contributed by atoms with Crippen molar-refractivity contribution in [2.45, 2.75) is 180 Å². The molecule has 0 aromatic rings. The van der Waals surface area contributed by atoms with E-state index in [-0.39, 0.29) is 74.1 Å². The second-order valence-electron chi connectivity index (χ2n) is 20.2. The molecule has 0 aromatic heterocycles. The van der Waals surface area contributed by atoms with Crippen molar-refractivity contribution in [1.29, 1.82) is 0 Å². The largest absolute Gasteiger partial charge is 0.460 e. The Bertz CT molecular complexity index is 1810. The van der Waals surface area contributed by atoms with Crippen LogP contribution in [-0.2, 0) is 52.4 Å². The summed E-state index contributed by atoms with van der Waals surface area (Å²) >= 11 is 0. The number of ether oxygens (including phenoxy) is 6. The normalized spacial score (nSPS) is 39.2. The van der Waals surface area contributed by atoms with E-state index in [1.165, 1.54) is 12.0 Å². The van der Waals surface area contributed by atoms with E-state index in [0.717, 1.165) is 12.0 Å². The summed E-state index contributed by atoms with van der Waals surface area (Å²) in [5, 5.41) is 32.8. The third kappa shape index (κ3) is 15.3. The SMILES string of the molecule is CO[C@H]1C[C@@H]2CC[C@@H](C)[C@@](O)(O2)C(=O)C(=O)N2CCCC[C@H]2C(=O)OC([C@H](C)C[C@@H]2CC[C@@H](OCCO)[C@H](OC)C2)CC(=O)[C@H](C)/C=C(\C)[C@@H](O)[C@@H](OC)C(=O)[C@H](C)C[C@H](C)/C=C/C=C/C=C/1C. The number of piperidine rings is 1. The molecule has 384 valence electrons. The molecule has 15 nitrogen and oxygen atoms in total. The van der Waals surface area contributed by atoms with Gasteiger partial charge in [-0.25, -0.2) is 4.79 Å². The molecule has 3 aliphatic heterocycles. The van der Waals surface area contributed by atoms with Gasteiger partial charge >= 0.3 is 5.97 Å². The van der Waals surface area contributed by atoms with Gasteiger partial charge in [0.1, 0.15) is 30.1 Å². The van der Waals surface area contributed by atoms with E-state index >= 15 is 0 Å². The first-order chi connectivity index (χ1) is 32.3. The Kier molecular flexibility index (Phi) is 22.9. The lowest BCUT2D eigenvalue weighted by atomic mass is 9.78. The van der Waals surface area contributed by atoms with Crippen molar-refractivity contribution in [2.24, 2.45) is 35.5 Å². The van der Waals surface area contributed by atoms with Gasteiger partial charge in [0, 0.05) is 58.5 Å². The molecule has 1 amide bonds. The molecule has 0 radical (unpaired) electrons. The first kappa shape index (κ1) is 57.2. The van der Waals surface area contributed by atoms with E-state index in [0.29, 0.717) is 63.4 Å². The number of aliphatic hydroxyl groups is 3. The van der Waals surface area contributed by atoms with Crippen LogP contribution in [0.25, 0.3) is 0 Å². The average Bonchev–Trinajstić information content (AvgIpc) is 3.32. The average molecular weight is 958 g/mol. The summed E-state index contributed by atoms with van der Waals surface area (Å²) in [6.07, 6.45) is 12.0. The van der Waals surface area contributed by atoms with Crippen molar-refractivity contribution in [3.05, 3.63) is 47.6 Å². The van der Waals surface area contributed by atoms with E-state index in [9.17, 15) is 39.3 Å². The molecule has 3 N–H and O–H groups in total. The molecule has 1 unspecified atom stereocenters. The number of nitrogens with zero attached hydrogens (tertiary/aromatic N) is 1. The number of cyclic esters (lactones) is 1. The van der Waals surface area contributed by atoms with Gasteiger partial charge in [0.2, 0.25) is 5.79 Å². The van der Waals surface area contributed by atoms with Gasteiger partial charge in [-0.1, -0.05) is 71.1 Å². The summed E-state index contributed by atoms with van der Waals surface area (Å²) in [5.41, 5.74) is 1.26. The Hall–Kier alpha value is -3.41. The fourth-order valence-electron chi connectivity index (χ4n) is 10.5. The predicted octanol–water partition coefficient (Wildman–Crippen LogP) is 6.20. The van der Waals surface area contributed by atoms with Crippen molar-refractivity contribution in [1.82, 2.24) is 4.90 Å². The van der Waals surface area contributed by atoms with Crippen molar-refractivity contribution < 1.29 is 67.7 Å². The molecule has 1 aliphatic carbocycles. The molecule has 15 atom stereocenters. The van der Waals surface area contributed by atoms with Crippen LogP contribution in [0, 0.1) is 35.5 Å². The maximum Gasteiger partial charge on any atom is 0.329 e. The Morgan fingerprint density at radius 3 is 2.26 bits per heavy atom. The number of aliphatic hydroxyl groups excluding tert-OH is 2. The number of hydrogen-bond donors (Lipinski definition) is 3. The first-order valence-corrected chi connectivity index (χ1v) is 25.0. The number of amides is 1. The van der Waals surface area contributed by atoms with Crippen LogP contribution in [0.3, 0.4) is 0 Å². The second-order valence-corrected chi connectivity index (χ2v) is 20.2. The van der Waals surface area contributed by atoms with Crippen molar-refractivity contribution in [3.8, 4) is 0 Å². The third-order valence-corrected chi connectivity index (χ3v) is 14.9. The second kappa shape index (κ2) is 27.3. The van der Waals surface area contributed by atoms with Gasteiger partial charge < -0.3 is 48.6 Å². The van der Waals surface area contributed by atoms with Crippen LogP contribution in [0.15, 0.2) is 47.6 Å². The van der Waals surface area contributed by atoms with Crippen LogP contribution >= 0.6 is 0 Å². The van der Waals surface area contributed by atoms with Crippen LogP contribution in [0.4, 0.5) is 0 Å². The van der Waals surface area contributed by atoms with E-state index < -0.39 is 77.8 Å². The zero-order valence-corrected chi connectivity index (χ0v) is 42.4. The number of allylic oxidation sites excluding steroid dienone is 6. The summed E-state index contributed by atoms with van der Waals surface area (Å²) in [4.78, 5) is 72.1. The Morgan fingerprint density at radius 1 is 0.853 bits per heavy atom. The van der Waals surface area contributed by atoms with E-state index in [1.807, 2.05) is 58.1 Å².